The molecule has 0 heterocycles. The van der Waals surface area contributed by atoms with Crippen molar-refractivity contribution in [1.29, 1.82) is 0 Å². The van der Waals surface area contributed by atoms with Crippen LogP contribution in [-0.2, 0) is 0 Å². The summed E-state index contributed by atoms with van der Waals surface area (Å²) in [6.45, 7) is 0. The first-order valence-electron chi connectivity index (χ1n) is 7.21. The molecule has 0 aliphatic heterocycles. The van der Waals surface area contributed by atoms with Crippen molar-refractivity contribution in [3.05, 3.63) is 53.6 Å². The SMILES string of the molecule is [2H]C([2H])([2H])Oc1ccc(/C=C/c2cc(O)cc(OC)c2)cc1. The number of phenolic OH excluding ortho intramolecular Hbond substituents is 1. The molecule has 3 nitrogen and oxygen atoms in total. The largest absolute Gasteiger partial charge is 0.508 e. The third-order valence-electron chi connectivity index (χ3n) is 2.62. The van der Waals surface area contributed by atoms with E-state index >= 15 is 0 Å². The lowest BCUT2D eigenvalue weighted by molar-refractivity contribution is 0.407. The van der Waals surface area contributed by atoms with Crippen LogP contribution in [0.1, 0.15) is 15.2 Å². The van der Waals surface area contributed by atoms with E-state index < -0.39 is 7.04 Å². The molecule has 98 valence electrons. The third-order valence-corrected chi connectivity index (χ3v) is 2.62. The quantitative estimate of drug-likeness (QED) is 0.853. The van der Waals surface area contributed by atoms with E-state index in [1.54, 1.807) is 36.4 Å². The van der Waals surface area contributed by atoms with E-state index in [1.807, 2.05) is 12.2 Å². The van der Waals surface area contributed by atoms with Gasteiger partial charge in [0.1, 0.15) is 17.2 Å². The van der Waals surface area contributed by atoms with Gasteiger partial charge < -0.3 is 14.6 Å². The van der Waals surface area contributed by atoms with Crippen LogP contribution in [0.25, 0.3) is 12.2 Å². The van der Waals surface area contributed by atoms with Gasteiger partial charge >= 0.3 is 0 Å². The van der Waals surface area contributed by atoms with Crippen molar-refractivity contribution in [2.24, 2.45) is 0 Å². The topological polar surface area (TPSA) is 38.7 Å². The molecule has 0 aromatic heterocycles. The second-order valence-electron chi connectivity index (χ2n) is 3.97. The van der Waals surface area contributed by atoms with Gasteiger partial charge in [-0.15, -0.1) is 0 Å². The van der Waals surface area contributed by atoms with E-state index in [-0.39, 0.29) is 11.5 Å². The second kappa shape index (κ2) is 5.96. The van der Waals surface area contributed by atoms with E-state index in [2.05, 4.69) is 0 Å². The van der Waals surface area contributed by atoms with Gasteiger partial charge in [-0.1, -0.05) is 24.3 Å². The Morgan fingerprint density at radius 2 is 1.68 bits per heavy atom. The monoisotopic (exact) mass is 259 g/mol. The summed E-state index contributed by atoms with van der Waals surface area (Å²) in [6, 6.07) is 11.6. The summed E-state index contributed by atoms with van der Waals surface area (Å²) in [7, 11) is -0.915. The van der Waals surface area contributed by atoms with Gasteiger partial charge in [0.25, 0.3) is 0 Å². The fourth-order valence-electron chi connectivity index (χ4n) is 1.66. The first kappa shape index (κ1) is 9.50. The molecule has 19 heavy (non-hydrogen) atoms. The zero-order valence-corrected chi connectivity index (χ0v) is 10.5. The lowest BCUT2D eigenvalue weighted by Gasteiger charge is -2.03. The Labute approximate surface area is 116 Å². The molecule has 0 aliphatic carbocycles. The lowest BCUT2D eigenvalue weighted by atomic mass is 10.1. The molecule has 0 bridgehead atoms. The highest BCUT2D eigenvalue weighted by molar-refractivity contribution is 5.71. The Morgan fingerprint density at radius 1 is 0.947 bits per heavy atom. The van der Waals surface area contributed by atoms with Crippen molar-refractivity contribution >= 4 is 12.2 Å². The molecular weight excluding hydrogens is 240 g/mol. The summed E-state index contributed by atoms with van der Waals surface area (Å²) in [4.78, 5) is 0. The predicted molar refractivity (Wildman–Crippen MR) is 76.6 cm³/mol. The molecule has 0 atom stereocenters. The molecule has 0 unspecified atom stereocenters. The predicted octanol–water partition coefficient (Wildman–Crippen LogP) is 3.58. The van der Waals surface area contributed by atoms with Gasteiger partial charge in [0.05, 0.1) is 18.3 Å². The molecule has 0 spiro atoms. The molecule has 2 aromatic carbocycles. The summed E-state index contributed by atoms with van der Waals surface area (Å²) in [5, 5.41) is 9.58. The molecule has 0 amide bonds. The molecule has 2 rings (SSSR count). The zero-order chi connectivity index (χ0) is 16.2. The normalized spacial score (nSPS) is 13.6. The molecule has 3 heteroatoms. The van der Waals surface area contributed by atoms with E-state index in [9.17, 15) is 5.11 Å². The summed E-state index contributed by atoms with van der Waals surface area (Å²) in [5.41, 5.74) is 1.67. The fourth-order valence-corrected chi connectivity index (χ4v) is 1.66. The second-order valence-corrected chi connectivity index (χ2v) is 3.97. The highest BCUT2D eigenvalue weighted by Crippen LogP contribution is 2.23. The minimum atomic E-state index is -2.45. The maximum absolute atomic E-state index is 9.58. The number of hydrogen-bond donors (Lipinski definition) is 1. The Morgan fingerprint density at radius 3 is 2.37 bits per heavy atom. The number of aromatic hydroxyl groups is 1. The standard InChI is InChI=1S/C16H16O3/c1-18-15-7-5-12(6-8-15)3-4-13-9-14(17)11-16(10-13)19-2/h3-11,17H,1-2H3/b4-3+/i1D3. The molecular formula is C16H16O3. The van der Waals surface area contributed by atoms with Crippen LogP contribution in [0.4, 0.5) is 0 Å². The number of phenols is 1. The molecule has 1 N–H and O–H groups in total. The van der Waals surface area contributed by atoms with Crippen molar-refractivity contribution < 1.29 is 18.7 Å². The van der Waals surface area contributed by atoms with Crippen LogP contribution in [-0.4, -0.2) is 19.3 Å². The van der Waals surface area contributed by atoms with E-state index in [0.717, 1.165) is 11.1 Å². The minimum absolute atomic E-state index is 0.125. The summed E-state index contributed by atoms with van der Waals surface area (Å²) in [5.74, 6) is 0.984. The Hall–Kier alpha value is -2.42. The lowest BCUT2D eigenvalue weighted by Crippen LogP contribution is -1.83. The number of hydrogen-bond acceptors (Lipinski definition) is 3. The van der Waals surface area contributed by atoms with Gasteiger partial charge in [-0.2, -0.15) is 0 Å². The molecule has 0 saturated heterocycles. The first-order chi connectivity index (χ1) is 10.4. The average molecular weight is 259 g/mol. The number of ether oxygens (including phenoxy) is 2. The minimum Gasteiger partial charge on any atom is -0.508 e. The molecule has 0 radical (unpaired) electrons. The van der Waals surface area contributed by atoms with Crippen LogP contribution in [0.2, 0.25) is 0 Å². The molecule has 2 aromatic rings. The van der Waals surface area contributed by atoms with Gasteiger partial charge in [0.15, 0.2) is 0 Å². The van der Waals surface area contributed by atoms with E-state index in [1.165, 1.54) is 13.2 Å². The van der Waals surface area contributed by atoms with Crippen LogP contribution in [0.15, 0.2) is 42.5 Å². The highest BCUT2D eigenvalue weighted by Gasteiger charge is 1.97. The van der Waals surface area contributed by atoms with Crippen LogP contribution in [0, 0.1) is 0 Å². The van der Waals surface area contributed by atoms with E-state index in [4.69, 9.17) is 13.6 Å². The maximum Gasteiger partial charge on any atom is 0.123 e. The zero-order valence-electron chi connectivity index (χ0n) is 13.5. The van der Waals surface area contributed by atoms with Gasteiger partial charge in [-0.3, -0.25) is 0 Å². The first-order valence-corrected chi connectivity index (χ1v) is 5.71. The smallest absolute Gasteiger partial charge is 0.123 e. The Bertz CT molecular complexity index is 661. The average Bonchev–Trinajstić information content (AvgIpc) is 2.44. The van der Waals surface area contributed by atoms with Crippen molar-refractivity contribution in [2.75, 3.05) is 14.1 Å². The summed E-state index contributed by atoms with van der Waals surface area (Å²) < 4.78 is 31.0. The van der Waals surface area contributed by atoms with Gasteiger partial charge in [-0.05, 0) is 35.4 Å². The number of methoxy groups -OCH3 is 2. The van der Waals surface area contributed by atoms with Crippen LogP contribution in [0.3, 0.4) is 0 Å². The Kier molecular flexibility index (Phi) is 2.98. The van der Waals surface area contributed by atoms with Gasteiger partial charge in [-0.25, -0.2) is 0 Å². The van der Waals surface area contributed by atoms with Crippen molar-refractivity contribution in [3.8, 4) is 17.2 Å². The highest BCUT2D eigenvalue weighted by atomic mass is 16.5. The maximum atomic E-state index is 9.58. The third kappa shape index (κ3) is 3.52. The van der Waals surface area contributed by atoms with Crippen LogP contribution in [0.5, 0.6) is 17.2 Å². The molecule has 0 aliphatic rings. The molecule has 0 saturated carbocycles. The number of benzene rings is 2. The van der Waals surface area contributed by atoms with E-state index in [0.29, 0.717) is 5.75 Å². The van der Waals surface area contributed by atoms with Gasteiger partial charge in [0, 0.05) is 6.07 Å². The van der Waals surface area contributed by atoms with Crippen LogP contribution >= 0.6 is 0 Å². The van der Waals surface area contributed by atoms with Gasteiger partial charge in [0.2, 0.25) is 0 Å². The Balaban J connectivity index is 2.12. The van der Waals surface area contributed by atoms with Crippen LogP contribution < -0.4 is 9.47 Å². The number of rotatable bonds is 4. The summed E-state index contributed by atoms with van der Waals surface area (Å²) >= 11 is 0. The molecule has 0 fully saturated rings. The summed E-state index contributed by atoms with van der Waals surface area (Å²) in [6.07, 6.45) is 3.66. The fraction of sp³-hybridized carbons (Fsp3) is 0.125. The van der Waals surface area contributed by atoms with Crippen molar-refractivity contribution in [2.45, 2.75) is 0 Å². The van der Waals surface area contributed by atoms with Crippen molar-refractivity contribution in [1.82, 2.24) is 0 Å². The van der Waals surface area contributed by atoms with Crippen molar-refractivity contribution in [3.63, 3.8) is 0 Å².